The topological polar surface area (TPSA) is 78.9 Å². The minimum absolute atomic E-state index is 0.0600. The Morgan fingerprint density at radius 3 is 2.67 bits per heavy atom. The number of hydrogen-bond acceptors (Lipinski definition) is 3. The molecule has 0 heterocycles. The van der Waals surface area contributed by atoms with E-state index in [9.17, 15) is 4.79 Å². The fourth-order valence-corrected chi connectivity index (χ4v) is 1.79. The van der Waals surface area contributed by atoms with E-state index < -0.39 is 0 Å². The molecular formula is C14H19N3O. The highest BCUT2D eigenvalue weighted by molar-refractivity contribution is 5.73. The van der Waals surface area contributed by atoms with Crippen molar-refractivity contribution < 1.29 is 4.79 Å². The smallest absolute Gasteiger partial charge is 0.217 e. The van der Waals surface area contributed by atoms with Gasteiger partial charge in [-0.1, -0.05) is 30.3 Å². The molecule has 1 amide bonds. The fourth-order valence-electron chi connectivity index (χ4n) is 1.79. The maximum atomic E-state index is 10.6. The van der Waals surface area contributed by atoms with E-state index >= 15 is 0 Å². The fraction of sp³-hybridized carbons (Fsp3) is 0.429. The van der Waals surface area contributed by atoms with Crippen molar-refractivity contribution in [3.05, 3.63) is 35.9 Å². The van der Waals surface area contributed by atoms with Gasteiger partial charge in [-0.2, -0.15) is 5.26 Å². The molecule has 0 aliphatic heterocycles. The number of nitriles is 1. The second-order valence-corrected chi connectivity index (χ2v) is 4.20. The molecule has 0 aliphatic carbocycles. The highest BCUT2D eigenvalue weighted by Crippen LogP contribution is 2.15. The first-order valence-corrected chi connectivity index (χ1v) is 6.17. The summed E-state index contributed by atoms with van der Waals surface area (Å²) in [6.45, 7) is 0.786. The van der Waals surface area contributed by atoms with Crippen LogP contribution in [0.4, 0.5) is 0 Å². The van der Waals surface area contributed by atoms with Gasteiger partial charge in [0.1, 0.15) is 0 Å². The van der Waals surface area contributed by atoms with Gasteiger partial charge in [-0.3, -0.25) is 4.79 Å². The summed E-state index contributed by atoms with van der Waals surface area (Å²) in [5.74, 6) is -0.258. The Labute approximate surface area is 108 Å². The summed E-state index contributed by atoms with van der Waals surface area (Å²) in [5, 5.41) is 12.2. The Balaban J connectivity index is 2.36. The molecule has 0 bridgehead atoms. The van der Waals surface area contributed by atoms with Gasteiger partial charge in [0, 0.05) is 12.5 Å². The van der Waals surface area contributed by atoms with E-state index in [1.54, 1.807) is 0 Å². The van der Waals surface area contributed by atoms with Gasteiger partial charge in [0.05, 0.1) is 12.5 Å². The van der Waals surface area contributed by atoms with Gasteiger partial charge in [0.15, 0.2) is 0 Å². The highest BCUT2D eigenvalue weighted by atomic mass is 16.1. The molecule has 1 unspecified atom stereocenters. The Bertz CT molecular complexity index is 397. The zero-order chi connectivity index (χ0) is 13.2. The van der Waals surface area contributed by atoms with Crippen LogP contribution in [-0.2, 0) is 4.79 Å². The molecule has 1 atom stereocenters. The monoisotopic (exact) mass is 245 g/mol. The molecule has 0 fully saturated rings. The SMILES string of the molecule is N#CCC(NCCCCC(N)=O)c1ccccc1. The lowest BCUT2D eigenvalue weighted by atomic mass is 10.0. The molecule has 1 aromatic rings. The third kappa shape index (κ3) is 5.46. The van der Waals surface area contributed by atoms with E-state index in [0.29, 0.717) is 12.8 Å². The van der Waals surface area contributed by atoms with Crippen molar-refractivity contribution in [2.45, 2.75) is 31.7 Å². The maximum Gasteiger partial charge on any atom is 0.217 e. The Morgan fingerprint density at radius 2 is 2.06 bits per heavy atom. The summed E-state index contributed by atoms with van der Waals surface area (Å²) in [5.41, 5.74) is 6.19. The standard InChI is InChI=1S/C14H19N3O/c15-10-9-13(12-6-2-1-3-7-12)17-11-5-4-8-14(16)18/h1-3,6-7,13,17H,4-5,8-9,11H2,(H2,16,18). The van der Waals surface area contributed by atoms with Crippen molar-refractivity contribution in [1.29, 1.82) is 5.26 Å². The van der Waals surface area contributed by atoms with Gasteiger partial charge in [0.2, 0.25) is 5.91 Å². The summed E-state index contributed by atoms with van der Waals surface area (Å²) in [7, 11) is 0. The van der Waals surface area contributed by atoms with E-state index in [1.807, 2.05) is 30.3 Å². The molecule has 0 aromatic heterocycles. The van der Waals surface area contributed by atoms with E-state index in [2.05, 4.69) is 11.4 Å². The number of nitrogens with two attached hydrogens (primary N) is 1. The molecule has 0 radical (unpaired) electrons. The van der Waals surface area contributed by atoms with Gasteiger partial charge < -0.3 is 11.1 Å². The van der Waals surface area contributed by atoms with Crippen molar-refractivity contribution in [2.24, 2.45) is 5.73 Å². The second kappa shape index (κ2) is 8.26. The maximum absolute atomic E-state index is 10.6. The molecule has 0 aliphatic rings. The molecule has 0 saturated heterocycles. The van der Waals surface area contributed by atoms with Crippen molar-refractivity contribution in [3.8, 4) is 6.07 Å². The molecule has 0 spiro atoms. The van der Waals surface area contributed by atoms with Crippen LogP contribution in [0, 0.1) is 11.3 Å². The quantitative estimate of drug-likeness (QED) is 0.686. The first kappa shape index (κ1) is 14.2. The number of unbranched alkanes of at least 4 members (excludes halogenated alkanes) is 1. The van der Waals surface area contributed by atoms with Crippen LogP contribution in [0.5, 0.6) is 0 Å². The second-order valence-electron chi connectivity index (χ2n) is 4.20. The van der Waals surface area contributed by atoms with Crippen molar-refractivity contribution in [1.82, 2.24) is 5.32 Å². The van der Waals surface area contributed by atoms with Crippen molar-refractivity contribution in [3.63, 3.8) is 0 Å². The average Bonchev–Trinajstić information content (AvgIpc) is 2.38. The number of amides is 1. The highest BCUT2D eigenvalue weighted by Gasteiger charge is 2.09. The number of rotatable bonds is 8. The summed E-state index contributed by atoms with van der Waals surface area (Å²) in [6.07, 6.45) is 2.55. The predicted octanol–water partition coefficient (Wildman–Crippen LogP) is 1.89. The summed E-state index contributed by atoms with van der Waals surface area (Å²) >= 11 is 0. The van der Waals surface area contributed by atoms with Crippen LogP contribution in [0.2, 0.25) is 0 Å². The summed E-state index contributed by atoms with van der Waals surface area (Å²) in [4.78, 5) is 10.6. The Kier molecular flexibility index (Phi) is 6.52. The van der Waals surface area contributed by atoms with Crippen LogP contribution in [0.3, 0.4) is 0 Å². The number of nitrogens with zero attached hydrogens (tertiary/aromatic N) is 1. The van der Waals surface area contributed by atoms with Crippen LogP contribution >= 0.6 is 0 Å². The number of benzene rings is 1. The van der Waals surface area contributed by atoms with E-state index in [0.717, 1.165) is 24.9 Å². The zero-order valence-corrected chi connectivity index (χ0v) is 10.4. The van der Waals surface area contributed by atoms with Gasteiger partial charge in [-0.25, -0.2) is 0 Å². The molecule has 3 N–H and O–H groups in total. The number of carbonyl (C=O) groups is 1. The van der Waals surface area contributed by atoms with Crippen molar-refractivity contribution >= 4 is 5.91 Å². The van der Waals surface area contributed by atoms with E-state index in [4.69, 9.17) is 11.0 Å². The van der Waals surface area contributed by atoms with Crippen LogP contribution < -0.4 is 11.1 Å². The minimum atomic E-state index is -0.258. The molecule has 1 rings (SSSR count). The van der Waals surface area contributed by atoms with E-state index in [-0.39, 0.29) is 11.9 Å². The Hall–Kier alpha value is -1.86. The lowest BCUT2D eigenvalue weighted by molar-refractivity contribution is -0.118. The predicted molar refractivity (Wildman–Crippen MR) is 70.5 cm³/mol. The summed E-state index contributed by atoms with van der Waals surface area (Å²) in [6, 6.07) is 12.2. The van der Waals surface area contributed by atoms with Crippen LogP contribution in [0.25, 0.3) is 0 Å². The van der Waals surface area contributed by atoms with Gasteiger partial charge in [0.25, 0.3) is 0 Å². The van der Waals surface area contributed by atoms with Gasteiger partial charge in [-0.05, 0) is 24.9 Å². The molecule has 4 heteroatoms. The first-order valence-electron chi connectivity index (χ1n) is 6.17. The molecule has 96 valence electrons. The Morgan fingerprint density at radius 1 is 1.33 bits per heavy atom. The molecule has 0 saturated carbocycles. The third-order valence-electron chi connectivity index (χ3n) is 2.74. The number of primary amides is 1. The molecule has 18 heavy (non-hydrogen) atoms. The molecule has 4 nitrogen and oxygen atoms in total. The molecule has 1 aromatic carbocycles. The van der Waals surface area contributed by atoms with E-state index in [1.165, 1.54) is 0 Å². The van der Waals surface area contributed by atoms with Crippen LogP contribution in [0.1, 0.15) is 37.3 Å². The lowest BCUT2D eigenvalue weighted by Gasteiger charge is -2.16. The number of hydrogen-bond donors (Lipinski definition) is 2. The minimum Gasteiger partial charge on any atom is -0.370 e. The van der Waals surface area contributed by atoms with Crippen LogP contribution in [0.15, 0.2) is 30.3 Å². The first-order chi connectivity index (χ1) is 8.74. The largest absolute Gasteiger partial charge is 0.370 e. The third-order valence-corrected chi connectivity index (χ3v) is 2.74. The average molecular weight is 245 g/mol. The van der Waals surface area contributed by atoms with Gasteiger partial charge in [-0.15, -0.1) is 0 Å². The normalized spacial score (nSPS) is 11.7. The lowest BCUT2D eigenvalue weighted by Crippen LogP contribution is -2.22. The molecular weight excluding hydrogens is 226 g/mol. The summed E-state index contributed by atoms with van der Waals surface area (Å²) < 4.78 is 0. The van der Waals surface area contributed by atoms with Crippen LogP contribution in [-0.4, -0.2) is 12.5 Å². The van der Waals surface area contributed by atoms with Crippen molar-refractivity contribution in [2.75, 3.05) is 6.54 Å². The number of carbonyl (C=O) groups excluding carboxylic acids is 1. The number of nitrogens with one attached hydrogen (secondary N) is 1. The van der Waals surface area contributed by atoms with Gasteiger partial charge >= 0.3 is 0 Å². The zero-order valence-electron chi connectivity index (χ0n) is 10.4.